The van der Waals surface area contributed by atoms with Crippen LogP contribution in [0.4, 0.5) is 0 Å². The molecule has 0 fully saturated rings. The van der Waals surface area contributed by atoms with Gasteiger partial charge >= 0.3 is 5.97 Å². The van der Waals surface area contributed by atoms with Crippen molar-refractivity contribution >= 4 is 5.97 Å². The molecule has 0 heterocycles. The van der Waals surface area contributed by atoms with Gasteiger partial charge in [-0.05, 0) is 25.9 Å². The lowest BCUT2D eigenvalue weighted by molar-refractivity contribution is -0.144. The third-order valence-corrected chi connectivity index (χ3v) is 4.22. The second kappa shape index (κ2) is 13.1. The summed E-state index contributed by atoms with van der Waals surface area (Å²) in [7, 11) is 1.94. The molecule has 0 saturated heterocycles. The van der Waals surface area contributed by atoms with Crippen molar-refractivity contribution in [1.82, 2.24) is 4.90 Å². The average molecular weight is 299 g/mol. The lowest BCUT2D eigenvalue weighted by atomic mass is 10.0. The predicted molar refractivity (Wildman–Crippen MR) is 90.7 cm³/mol. The second-order valence-electron chi connectivity index (χ2n) is 6.69. The van der Waals surface area contributed by atoms with Gasteiger partial charge in [0.25, 0.3) is 0 Å². The highest BCUT2D eigenvalue weighted by molar-refractivity contribution is 5.73. The Labute approximate surface area is 132 Å². The normalized spacial score (nSPS) is 13.0. The van der Waals surface area contributed by atoms with Gasteiger partial charge in [-0.25, -0.2) is 0 Å². The van der Waals surface area contributed by atoms with E-state index in [1.807, 2.05) is 25.8 Å². The van der Waals surface area contributed by atoms with Crippen molar-refractivity contribution < 1.29 is 9.90 Å². The Kier molecular flexibility index (Phi) is 12.8. The van der Waals surface area contributed by atoms with E-state index in [9.17, 15) is 9.90 Å². The summed E-state index contributed by atoms with van der Waals surface area (Å²) in [6, 6.07) is -0.344. The molecule has 0 aliphatic rings. The van der Waals surface area contributed by atoms with Crippen LogP contribution in [0.3, 0.4) is 0 Å². The molecule has 0 saturated carbocycles. The van der Waals surface area contributed by atoms with Crippen LogP contribution >= 0.6 is 0 Å². The molecule has 0 aromatic rings. The molecular weight excluding hydrogens is 262 g/mol. The topological polar surface area (TPSA) is 40.5 Å². The van der Waals surface area contributed by atoms with Gasteiger partial charge in [-0.2, -0.15) is 0 Å². The van der Waals surface area contributed by atoms with Gasteiger partial charge in [0.15, 0.2) is 0 Å². The fourth-order valence-corrected chi connectivity index (χ4v) is 2.97. The first-order valence-electron chi connectivity index (χ1n) is 8.93. The first kappa shape index (κ1) is 20.4. The number of hydrogen-bond donors (Lipinski definition) is 1. The number of carboxylic acids is 1. The predicted octanol–water partition coefficient (Wildman–Crippen LogP) is 4.95. The molecule has 0 unspecified atom stereocenters. The zero-order chi connectivity index (χ0) is 16.1. The first-order valence-corrected chi connectivity index (χ1v) is 8.93. The first-order chi connectivity index (χ1) is 10.0. The van der Waals surface area contributed by atoms with Gasteiger partial charge in [-0.3, -0.25) is 9.69 Å². The van der Waals surface area contributed by atoms with E-state index in [4.69, 9.17) is 0 Å². The van der Waals surface area contributed by atoms with E-state index in [-0.39, 0.29) is 12.0 Å². The van der Waals surface area contributed by atoms with Crippen molar-refractivity contribution in [1.29, 1.82) is 0 Å². The molecule has 0 aromatic carbocycles. The van der Waals surface area contributed by atoms with Gasteiger partial charge < -0.3 is 5.11 Å². The lowest BCUT2D eigenvalue weighted by Gasteiger charge is -2.27. The molecule has 0 radical (unpaired) electrons. The maximum Gasteiger partial charge on any atom is 0.321 e. The number of aliphatic carboxylic acids is 1. The highest BCUT2D eigenvalue weighted by Gasteiger charge is 2.25. The van der Waals surface area contributed by atoms with E-state index in [1.54, 1.807) is 0 Å². The molecule has 21 heavy (non-hydrogen) atoms. The Balaban J connectivity index is 3.51. The van der Waals surface area contributed by atoms with Crippen LogP contribution in [0.15, 0.2) is 0 Å². The summed E-state index contributed by atoms with van der Waals surface area (Å²) < 4.78 is 0. The molecular formula is C18H37NO2. The van der Waals surface area contributed by atoms with Crippen LogP contribution in [0.2, 0.25) is 0 Å². The van der Waals surface area contributed by atoms with Crippen LogP contribution in [0.25, 0.3) is 0 Å². The fourth-order valence-electron chi connectivity index (χ4n) is 2.97. The summed E-state index contributed by atoms with van der Waals surface area (Å²) in [5, 5.41) is 9.23. The minimum atomic E-state index is -0.695. The van der Waals surface area contributed by atoms with Crippen LogP contribution in [0.1, 0.15) is 85.0 Å². The van der Waals surface area contributed by atoms with Gasteiger partial charge in [0, 0.05) is 0 Å². The molecule has 0 aliphatic heterocycles. The SMILES string of the molecule is CCCCCCCCCCCCN(C)[C@@H](C(=O)O)C(C)C. The van der Waals surface area contributed by atoms with Crippen molar-refractivity contribution in [3.63, 3.8) is 0 Å². The molecule has 0 rings (SSSR count). The Bertz CT molecular complexity index is 254. The summed E-state index contributed by atoms with van der Waals surface area (Å²) in [5.74, 6) is -0.532. The van der Waals surface area contributed by atoms with Crippen LogP contribution in [0.5, 0.6) is 0 Å². The number of rotatable bonds is 14. The van der Waals surface area contributed by atoms with Crippen molar-refractivity contribution in [2.75, 3.05) is 13.6 Å². The van der Waals surface area contributed by atoms with Gasteiger partial charge in [0.05, 0.1) is 0 Å². The van der Waals surface area contributed by atoms with E-state index in [0.717, 1.165) is 13.0 Å². The summed E-state index contributed by atoms with van der Waals surface area (Å²) in [4.78, 5) is 13.2. The highest BCUT2D eigenvalue weighted by Crippen LogP contribution is 2.13. The van der Waals surface area contributed by atoms with E-state index in [2.05, 4.69) is 6.92 Å². The molecule has 1 N–H and O–H groups in total. The Hall–Kier alpha value is -0.570. The van der Waals surface area contributed by atoms with Crippen molar-refractivity contribution in [3.8, 4) is 0 Å². The largest absolute Gasteiger partial charge is 0.480 e. The number of unbranched alkanes of at least 4 members (excludes halogenated alkanes) is 9. The zero-order valence-corrected chi connectivity index (χ0v) is 14.7. The van der Waals surface area contributed by atoms with Crippen molar-refractivity contribution in [2.24, 2.45) is 5.92 Å². The highest BCUT2D eigenvalue weighted by atomic mass is 16.4. The van der Waals surface area contributed by atoms with Gasteiger partial charge in [-0.15, -0.1) is 0 Å². The Morgan fingerprint density at radius 3 is 1.71 bits per heavy atom. The fraction of sp³-hybridized carbons (Fsp3) is 0.944. The van der Waals surface area contributed by atoms with Crippen LogP contribution < -0.4 is 0 Å². The van der Waals surface area contributed by atoms with Gasteiger partial charge in [-0.1, -0.05) is 78.6 Å². The van der Waals surface area contributed by atoms with E-state index >= 15 is 0 Å². The summed E-state index contributed by atoms with van der Waals surface area (Å²) in [5.41, 5.74) is 0. The summed E-state index contributed by atoms with van der Waals surface area (Å²) >= 11 is 0. The lowest BCUT2D eigenvalue weighted by Crippen LogP contribution is -2.42. The van der Waals surface area contributed by atoms with Gasteiger partial charge in [0.1, 0.15) is 6.04 Å². The number of nitrogens with zero attached hydrogens (tertiary/aromatic N) is 1. The third-order valence-electron chi connectivity index (χ3n) is 4.22. The maximum atomic E-state index is 11.2. The van der Waals surface area contributed by atoms with Crippen molar-refractivity contribution in [2.45, 2.75) is 91.0 Å². The third kappa shape index (κ3) is 10.8. The van der Waals surface area contributed by atoms with Crippen molar-refractivity contribution in [3.05, 3.63) is 0 Å². The molecule has 1 atom stereocenters. The van der Waals surface area contributed by atoms with Crippen LogP contribution in [-0.4, -0.2) is 35.6 Å². The smallest absolute Gasteiger partial charge is 0.321 e. The molecule has 0 spiro atoms. The molecule has 3 nitrogen and oxygen atoms in total. The maximum absolute atomic E-state index is 11.2. The average Bonchev–Trinajstić information content (AvgIpc) is 2.40. The standard InChI is InChI=1S/C18H37NO2/c1-5-6-7-8-9-10-11-12-13-14-15-19(4)17(16(2)3)18(20)21/h16-17H,5-15H2,1-4H3,(H,20,21)/t17-/m1/s1. The summed E-state index contributed by atoms with van der Waals surface area (Å²) in [6.45, 7) is 7.11. The minimum absolute atomic E-state index is 0.163. The minimum Gasteiger partial charge on any atom is -0.480 e. The monoisotopic (exact) mass is 299 g/mol. The molecule has 3 heteroatoms. The Morgan fingerprint density at radius 1 is 0.905 bits per heavy atom. The molecule has 0 aromatic heterocycles. The van der Waals surface area contributed by atoms with E-state index in [0.29, 0.717) is 0 Å². The van der Waals surface area contributed by atoms with Gasteiger partial charge in [0.2, 0.25) is 0 Å². The Morgan fingerprint density at radius 2 is 1.33 bits per heavy atom. The number of carboxylic acid groups (broad SMARTS) is 1. The second-order valence-corrected chi connectivity index (χ2v) is 6.69. The molecule has 126 valence electrons. The zero-order valence-electron chi connectivity index (χ0n) is 14.7. The number of carbonyl (C=O) groups is 1. The molecule has 0 aliphatic carbocycles. The molecule has 0 amide bonds. The number of likely N-dealkylation sites (N-methyl/N-ethyl adjacent to an activating group) is 1. The van der Waals surface area contributed by atoms with E-state index in [1.165, 1.54) is 57.8 Å². The van der Waals surface area contributed by atoms with E-state index < -0.39 is 5.97 Å². The van der Waals surface area contributed by atoms with Crippen LogP contribution in [-0.2, 0) is 4.79 Å². The number of hydrogen-bond acceptors (Lipinski definition) is 2. The quantitative estimate of drug-likeness (QED) is 0.461. The van der Waals surface area contributed by atoms with Crippen LogP contribution in [0, 0.1) is 5.92 Å². The summed E-state index contributed by atoms with van der Waals surface area (Å²) in [6.07, 6.45) is 13.2. The molecule has 0 bridgehead atoms.